The summed E-state index contributed by atoms with van der Waals surface area (Å²) in [7, 11) is 0. The van der Waals surface area contributed by atoms with Crippen LogP contribution in [0.5, 0.6) is 0 Å². The smallest absolute Gasteiger partial charge is 0.253 e. The van der Waals surface area contributed by atoms with Gasteiger partial charge < -0.3 is 16.4 Å². The Bertz CT molecular complexity index is 865. The van der Waals surface area contributed by atoms with Gasteiger partial charge >= 0.3 is 0 Å². The van der Waals surface area contributed by atoms with Crippen molar-refractivity contribution in [1.82, 2.24) is 20.6 Å². The first-order chi connectivity index (χ1) is 12.3. The zero-order valence-corrected chi connectivity index (χ0v) is 14.2. The second-order valence-electron chi connectivity index (χ2n) is 5.89. The molecule has 0 atom stereocenters. The molecule has 1 aromatic heterocycles. The van der Waals surface area contributed by atoms with Crippen molar-refractivity contribution >= 4 is 28.0 Å². The lowest BCUT2D eigenvalue weighted by atomic mass is 10.1. The van der Waals surface area contributed by atoms with Crippen molar-refractivity contribution in [2.75, 3.05) is 26.2 Å². The van der Waals surface area contributed by atoms with E-state index in [1.165, 1.54) is 0 Å². The van der Waals surface area contributed by atoms with Crippen LogP contribution in [0.25, 0.3) is 22.1 Å². The van der Waals surface area contributed by atoms with Gasteiger partial charge in [0.15, 0.2) is 0 Å². The van der Waals surface area contributed by atoms with E-state index in [4.69, 9.17) is 5.73 Å². The minimum atomic E-state index is -0.114. The molecule has 0 spiro atoms. The third-order valence-electron chi connectivity index (χ3n) is 3.99. The molecule has 0 bridgehead atoms. The lowest BCUT2D eigenvalue weighted by molar-refractivity contribution is 0.0954. The van der Waals surface area contributed by atoms with Crippen LogP contribution >= 0.6 is 0 Å². The van der Waals surface area contributed by atoms with Crippen LogP contribution in [0.2, 0.25) is 0 Å². The van der Waals surface area contributed by atoms with Crippen molar-refractivity contribution in [1.29, 1.82) is 0 Å². The van der Waals surface area contributed by atoms with Gasteiger partial charge in [0.2, 0.25) is 0 Å². The monoisotopic (exact) mass is 337 g/mol. The fraction of sp³-hybridized carbons (Fsp3) is 0.316. The van der Waals surface area contributed by atoms with Gasteiger partial charge in [-0.1, -0.05) is 18.2 Å². The number of benzene rings is 2. The molecule has 6 heteroatoms. The van der Waals surface area contributed by atoms with Crippen LogP contribution in [0.3, 0.4) is 0 Å². The van der Waals surface area contributed by atoms with Gasteiger partial charge in [0.05, 0.1) is 22.1 Å². The molecule has 1 heterocycles. The van der Waals surface area contributed by atoms with Crippen molar-refractivity contribution in [3.63, 3.8) is 0 Å². The lowest BCUT2D eigenvalue weighted by Crippen LogP contribution is -2.28. The number of nitrogens with two attached hydrogens (primary N) is 1. The van der Waals surface area contributed by atoms with Crippen molar-refractivity contribution in [2.45, 2.75) is 12.8 Å². The lowest BCUT2D eigenvalue weighted by Gasteiger charge is -2.08. The van der Waals surface area contributed by atoms with Gasteiger partial charge in [0.1, 0.15) is 5.52 Å². The third-order valence-corrected chi connectivity index (χ3v) is 3.99. The summed E-state index contributed by atoms with van der Waals surface area (Å²) in [6.45, 7) is 3.09. The number of amides is 1. The molecule has 0 unspecified atom stereocenters. The highest BCUT2D eigenvalue weighted by atomic mass is 16.1. The van der Waals surface area contributed by atoms with Crippen LogP contribution < -0.4 is 16.4 Å². The van der Waals surface area contributed by atoms with Gasteiger partial charge in [0.25, 0.3) is 5.91 Å². The number of carbonyl (C=O) groups is 1. The Balaban J connectivity index is 1.68. The van der Waals surface area contributed by atoms with Crippen LogP contribution in [-0.2, 0) is 0 Å². The van der Waals surface area contributed by atoms with Gasteiger partial charge in [-0.2, -0.15) is 0 Å². The minimum absolute atomic E-state index is 0.114. The van der Waals surface area contributed by atoms with Crippen LogP contribution in [0.15, 0.2) is 42.5 Å². The Morgan fingerprint density at radius 2 is 1.60 bits per heavy atom. The second-order valence-corrected chi connectivity index (χ2v) is 5.89. The Morgan fingerprint density at radius 1 is 0.880 bits per heavy atom. The zero-order chi connectivity index (χ0) is 17.5. The number of hydrogen-bond donors (Lipinski definition) is 3. The maximum absolute atomic E-state index is 12.5. The summed E-state index contributed by atoms with van der Waals surface area (Å²) in [5, 5.41) is 6.25. The summed E-state index contributed by atoms with van der Waals surface area (Å²) in [5.41, 5.74) is 9.00. The van der Waals surface area contributed by atoms with Crippen molar-refractivity contribution in [2.24, 2.45) is 5.73 Å². The number of fused-ring (bicyclic) bond motifs is 2. The van der Waals surface area contributed by atoms with Gasteiger partial charge in [-0.25, -0.2) is 9.97 Å². The Kier molecular flexibility index (Phi) is 5.87. The first-order valence-electron chi connectivity index (χ1n) is 8.64. The van der Waals surface area contributed by atoms with E-state index < -0.39 is 0 Å². The standard InChI is InChI=1S/C19H23N5O/c20-10-4-11-21-12-5-13-22-19(25)14-6-3-9-17-18(14)24-16-8-2-1-7-15(16)23-17/h1-3,6-9,21H,4-5,10-13,20H2,(H,22,25). The molecular formula is C19H23N5O. The molecule has 0 fully saturated rings. The summed E-state index contributed by atoms with van der Waals surface area (Å²) in [6.07, 6.45) is 1.84. The van der Waals surface area contributed by atoms with E-state index in [1.54, 1.807) is 6.07 Å². The molecule has 0 radical (unpaired) electrons. The van der Waals surface area contributed by atoms with Gasteiger partial charge in [0, 0.05) is 6.54 Å². The van der Waals surface area contributed by atoms with Crippen LogP contribution in [0.4, 0.5) is 0 Å². The molecule has 3 rings (SSSR count). The van der Waals surface area contributed by atoms with E-state index in [0.29, 0.717) is 24.2 Å². The fourth-order valence-corrected chi connectivity index (χ4v) is 2.69. The molecule has 0 saturated carbocycles. The van der Waals surface area contributed by atoms with Gasteiger partial charge in [-0.05, 0) is 56.7 Å². The van der Waals surface area contributed by atoms with E-state index in [0.717, 1.165) is 42.5 Å². The van der Waals surface area contributed by atoms with E-state index in [2.05, 4.69) is 20.6 Å². The number of para-hydroxylation sites is 3. The van der Waals surface area contributed by atoms with Crippen molar-refractivity contribution in [3.05, 3.63) is 48.0 Å². The van der Waals surface area contributed by atoms with Crippen LogP contribution in [0.1, 0.15) is 23.2 Å². The quantitative estimate of drug-likeness (QED) is 0.431. The molecule has 130 valence electrons. The highest BCUT2D eigenvalue weighted by Gasteiger charge is 2.12. The third kappa shape index (κ3) is 4.29. The predicted molar refractivity (Wildman–Crippen MR) is 101 cm³/mol. The highest BCUT2D eigenvalue weighted by molar-refractivity contribution is 6.05. The van der Waals surface area contributed by atoms with Gasteiger partial charge in [-0.15, -0.1) is 0 Å². The molecule has 3 aromatic rings. The number of nitrogens with one attached hydrogen (secondary N) is 2. The SMILES string of the molecule is NCCCNCCCNC(=O)c1cccc2nc3ccccc3nc12. The maximum atomic E-state index is 12.5. The summed E-state index contributed by atoms with van der Waals surface area (Å²) in [5.74, 6) is -0.114. The summed E-state index contributed by atoms with van der Waals surface area (Å²) >= 11 is 0. The zero-order valence-electron chi connectivity index (χ0n) is 14.2. The van der Waals surface area contributed by atoms with E-state index in [9.17, 15) is 4.79 Å². The van der Waals surface area contributed by atoms with E-state index >= 15 is 0 Å². The summed E-state index contributed by atoms with van der Waals surface area (Å²) < 4.78 is 0. The molecule has 0 saturated heterocycles. The van der Waals surface area contributed by atoms with Crippen molar-refractivity contribution < 1.29 is 4.79 Å². The molecule has 2 aromatic carbocycles. The Morgan fingerprint density at radius 3 is 2.40 bits per heavy atom. The summed E-state index contributed by atoms with van der Waals surface area (Å²) in [4.78, 5) is 21.7. The van der Waals surface area contributed by atoms with Crippen LogP contribution in [-0.4, -0.2) is 42.1 Å². The van der Waals surface area contributed by atoms with Gasteiger partial charge in [-0.3, -0.25) is 4.79 Å². The van der Waals surface area contributed by atoms with Crippen molar-refractivity contribution in [3.8, 4) is 0 Å². The van der Waals surface area contributed by atoms with Crippen LogP contribution in [0, 0.1) is 0 Å². The number of carbonyl (C=O) groups excluding carboxylic acids is 1. The molecule has 0 aliphatic carbocycles. The molecule has 1 amide bonds. The predicted octanol–water partition coefficient (Wildman–Crippen LogP) is 1.84. The Labute approximate surface area is 146 Å². The average Bonchev–Trinajstić information content (AvgIpc) is 2.65. The molecule has 0 aliphatic heterocycles. The maximum Gasteiger partial charge on any atom is 0.253 e. The number of nitrogens with zero attached hydrogens (tertiary/aromatic N) is 2. The molecule has 0 aliphatic rings. The van der Waals surface area contributed by atoms with E-state index in [1.807, 2.05) is 36.4 Å². The average molecular weight is 337 g/mol. The number of hydrogen-bond acceptors (Lipinski definition) is 5. The first-order valence-corrected chi connectivity index (χ1v) is 8.64. The van der Waals surface area contributed by atoms with E-state index in [-0.39, 0.29) is 5.91 Å². The molecule has 4 N–H and O–H groups in total. The highest BCUT2D eigenvalue weighted by Crippen LogP contribution is 2.19. The number of rotatable bonds is 8. The molecule has 6 nitrogen and oxygen atoms in total. The second kappa shape index (κ2) is 8.50. The molecule has 25 heavy (non-hydrogen) atoms. The minimum Gasteiger partial charge on any atom is -0.352 e. The topological polar surface area (TPSA) is 92.9 Å². The molecular weight excluding hydrogens is 314 g/mol. The number of aromatic nitrogens is 2. The normalized spacial score (nSPS) is 11.1. The largest absolute Gasteiger partial charge is 0.352 e. The fourth-order valence-electron chi connectivity index (χ4n) is 2.69. The first kappa shape index (κ1) is 17.3. The Hall–Kier alpha value is -2.57. The summed E-state index contributed by atoms with van der Waals surface area (Å²) in [6, 6.07) is 13.2.